The molecule has 0 spiro atoms. The van der Waals surface area contributed by atoms with Crippen molar-refractivity contribution in [3.05, 3.63) is 78.2 Å². The summed E-state index contributed by atoms with van der Waals surface area (Å²) in [6.07, 6.45) is 6.56. The average Bonchev–Trinajstić information content (AvgIpc) is 3.38. The van der Waals surface area contributed by atoms with E-state index >= 15 is 0 Å². The number of aryl methyl sites for hydroxylation is 1. The standard InChI is InChI=1S/C23H23N4O/c1-27-23(25-15-26-27)20-13-18-9-11-28-22(18)19(14-20)12-17-8-5-10-24-21(17)16-6-3-2-4-7-16/h2-4,6-7,9,11,13-15,21,24H,5,8,10,12H2,1H3/t21-/m1/s1. The highest BCUT2D eigenvalue weighted by molar-refractivity contribution is 5.85. The molecule has 1 saturated heterocycles. The monoisotopic (exact) mass is 371 g/mol. The van der Waals surface area contributed by atoms with Crippen molar-refractivity contribution in [3.63, 3.8) is 0 Å². The first-order valence-corrected chi connectivity index (χ1v) is 9.77. The highest BCUT2D eigenvalue weighted by Crippen LogP contribution is 2.37. The van der Waals surface area contributed by atoms with Crippen LogP contribution in [0.5, 0.6) is 0 Å². The third kappa shape index (κ3) is 3.12. The topological polar surface area (TPSA) is 55.9 Å². The van der Waals surface area contributed by atoms with E-state index in [1.54, 1.807) is 12.6 Å². The Kier molecular flexibility index (Phi) is 4.45. The van der Waals surface area contributed by atoms with Gasteiger partial charge < -0.3 is 9.73 Å². The Morgan fingerprint density at radius 2 is 2.07 bits per heavy atom. The van der Waals surface area contributed by atoms with Gasteiger partial charge in [-0.2, -0.15) is 5.10 Å². The molecule has 4 aromatic rings. The summed E-state index contributed by atoms with van der Waals surface area (Å²) in [5.41, 5.74) is 4.58. The zero-order valence-corrected chi connectivity index (χ0v) is 15.9. The minimum atomic E-state index is 0.290. The molecule has 1 atom stereocenters. The zero-order chi connectivity index (χ0) is 18.9. The Hall–Kier alpha value is -2.92. The number of fused-ring (bicyclic) bond motifs is 1. The van der Waals surface area contributed by atoms with Crippen molar-refractivity contribution >= 4 is 11.0 Å². The molecule has 5 rings (SSSR count). The number of benzene rings is 2. The molecule has 5 heteroatoms. The fourth-order valence-corrected chi connectivity index (χ4v) is 4.26. The van der Waals surface area contributed by atoms with E-state index in [1.165, 1.54) is 23.5 Å². The summed E-state index contributed by atoms with van der Waals surface area (Å²) in [6.45, 7) is 1.05. The fraction of sp³-hybridized carbons (Fsp3) is 0.261. The van der Waals surface area contributed by atoms with E-state index in [4.69, 9.17) is 4.42 Å². The molecule has 5 nitrogen and oxygen atoms in total. The molecule has 28 heavy (non-hydrogen) atoms. The molecule has 1 aliphatic heterocycles. The number of rotatable bonds is 4. The molecule has 0 aliphatic carbocycles. The lowest BCUT2D eigenvalue weighted by Crippen LogP contribution is -2.34. The second-order valence-corrected chi connectivity index (χ2v) is 7.42. The predicted molar refractivity (Wildman–Crippen MR) is 110 cm³/mol. The molecule has 3 heterocycles. The van der Waals surface area contributed by atoms with E-state index in [1.807, 2.05) is 17.8 Å². The molecule has 141 valence electrons. The van der Waals surface area contributed by atoms with Crippen LogP contribution in [0.2, 0.25) is 0 Å². The second-order valence-electron chi connectivity index (χ2n) is 7.42. The summed E-state index contributed by atoms with van der Waals surface area (Å²) >= 11 is 0. The molecule has 1 radical (unpaired) electrons. The van der Waals surface area contributed by atoms with Gasteiger partial charge in [-0.25, -0.2) is 9.67 Å². The Morgan fingerprint density at radius 1 is 1.18 bits per heavy atom. The van der Waals surface area contributed by atoms with E-state index < -0.39 is 0 Å². The second kappa shape index (κ2) is 7.24. The number of aromatic nitrogens is 3. The average molecular weight is 371 g/mol. The Morgan fingerprint density at radius 3 is 2.89 bits per heavy atom. The molecule has 1 fully saturated rings. The Balaban J connectivity index is 1.53. The molecule has 0 bridgehead atoms. The lowest BCUT2D eigenvalue weighted by molar-refractivity contribution is 0.433. The molecule has 0 unspecified atom stereocenters. The summed E-state index contributed by atoms with van der Waals surface area (Å²) < 4.78 is 7.67. The van der Waals surface area contributed by atoms with E-state index in [2.05, 4.69) is 57.9 Å². The lowest BCUT2D eigenvalue weighted by atomic mass is 9.81. The van der Waals surface area contributed by atoms with Gasteiger partial charge in [0.05, 0.1) is 6.26 Å². The van der Waals surface area contributed by atoms with Crippen molar-refractivity contribution in [1.29, 1.82) is 0 Å². The first kappa shape index (κ1) is 17.2. The van der Waals surface area contributed by atoms with Crippen LogP contribution in [0.3, 0.4) is 0 Å². The normalized spacial score (nSPS) is 18.0. The summed E-state index contributed by atoms with van der Waals surface area (Å²) in [5.74, 6) is 2.38. The molecule has 1 N–H and O–H groups in total. The van der Waals surface area contributed by atoms with Gasteiger partial charge in [0.25, 0.3) is 0 Å². The Labute approximate surface area is 164 Å². The predicted octanol–water partition coefficient (Wildman–Crippen LogP) is 4.47. The maximum absolute atomic E-state index is 5.86. The number of hydrogen-bond acceptors (Lipinski definition) is 4. The Bertz CT molecular complexity index is 1080. The fourth-order valence-electron chi connectivity index (χ4n) is 4.26. The van der Waals surface area contributed by atoms with Gasteiger partial charge in [0.1, 0.15) is 11.9 Å². The molecule has 1 aliphatic rings. The number of nitrogens with one attached hydrogen (secondary N) is 1. The van der Waals surface area contributed by atoms with Crippen LogP contribution in [0.15, 0.2) is 65.5 Å². The molecule has 2 aromatic heterocycles. The van der Waals surface area contributed by atoms with E-state index in [9.17, 15) is 0 Å². The highest BCUT2D eigenvalue weighted by Gasteiger charge is 2.28. The minimum Gasteiger partial charge on any atom is -0.464 e. The van der Waals surface area contributed by atoms with Crippen LogP contribution in [0.25, 0.3) is 22.4 Å². The maximum Gasteiger partial charge on any atom is 0.157 e. The van der Waals surface area contributed by atoms with Crippen LogP contribution < -0.4 is 5.32 Å². The highest BCUT2D eigenvalue weighted by atomic mass is 16.3. The number of furan rings is 1. The SMILES string of the molecule is Cn1ncnc1-c1cc(C[C]2CCCN[C@@H]2c2ccccc2)c2occc2c1. The van der Waals surface area contributed by atoms with Gasteiger partial charge in [0.15, 0.2) is 5.82 Å². The van der Waals surface area contributed by atoms with Crippen molar-refractivity contribution in [2.45, 2.75) is 25.3 Å². The largest absolute Gasteiger partial charge is 0.464 e. The van der Waals surface area contributed by atoms with Gasteiger partial charge in [-0.1, -0.05) is 30.3 Å². The number of piperidine rings is 1. The number of nitrogens with zero attached hydrogens (tertiary/aromatic N) is 3. The lowest BCUT2D eigenvalue weighted by Gasteiger charge is -2.33. The van der Waals surface area contributed by atoms with Gasteiger partial charge in [-0.15, -0.1) is 0 Å². The summed E-state index contributed by atoms with van der Waals surface area (Å²) in [4.78, 5) is 4.43. The quantitative estimate of drug-likeness (QED) is 0.575. The van der Waals surface area contributed by atoms with Crippen LogP contribution in [-0.2, 0) is 13.5 Å². The van der Waals surface area contributed by atoms with Gasteiger partial charge >= 0.3 is 0 Å². The first-order valence-electron chi connectivity index (χ1n) is 9.77. The van der Waals surface area contributed by atoms with Crippen LogP contribution in [0.1, 0.15) is 30.0 Å². The van der Waals surface area contributed by atoms with Gasteiger partial charge in [0.2, 0.25) is 0 Å². The third-order valence-corrected chi connectivity index (χ3v) is 5.58. The molecular formula is C23H23N4O. The maximum atomic E-state index is 5.86. The van der Waals surface area contributed by atoms with E-state index in [0.29, 0.717) is 6.04 Å². The van der Waals surface area contributed by atoms with Crippen LogP contribution in [0.4, 0.5) is 0 Å². The van der Waals surface area contributed by atoms with Crippen molar-refractivity contribution < 1.29 is 4.42 Å². The van der Waals surface area contributed by atoms with Crippen molar-refractivity contribution in [2.24, 2.45) is 7.05 Å². The summed E-state index contributed by atoms with van der Waals surface area (Å²) in [7, 11) is 1.92. The van der Waals surface area contributed by atoms with Crippen molar-refractivity contribution in [3.8, 4) is 11.4 Å². The zero-order valence-electron chi connectivity index (χ0n) is 15.9. The van der Waals surface area contributed by atoms with Gasteiger partial charge in [-0.3, -0.25) is 0 Å². The van der Waals surface area contributed by atoms with Crippen LogP contribution >= 0.6 is 0 Å². The minimum absolute atomic E-state index is 0.290. The molecular weight excluding hydrogens is 348 g/mol. The number of hydrogen-bond donors (Lipinski definition) is 1. The molecule has 0 saturated carbocycles. The summed E-state index contributed by atoms with van der Waals surface area (Å²) in [5, 5.41) is 9.04. The molecule has 2 aromatic carbocycles. The van der Waals surface area contributed by atoms with Gasteiger partial charge in [0, 0.05) is 30.0 Å². The van der Waals surface area contributed by atoms with Crippen molar-refractivity contribution in [1.82, 2.24) is 20.1 Å². The van der Waals surface area contributed by atoms with E-state index in [-0.39, 0.29) is 0 Å². The molecule has 0 amide bonds. The smallest absolute Gasteiger partial charge is 0.157 e. The van der Waals surface area contributed by atoms with Gasteiger partial charge in [-0.05, 0) is 55.1 Å². The third-order valence-electron chi connectivity index (χ3n) is 5.58. The van der Waals surface area contributed by atoms with E-state index in [0.717, 1.165) is 41.7 Å². The first-order chi connectivity index (χ1) is 13.8. The van der Waals surface area contributed by atoms with Crippen LogP contribution in [-0.4, -0.2) is 21.3 Å². The van der Waals surface area contributed by atoms with Crippen LogP contribution in [0, 0.1) is 5.92 Å². The van der Waals surface area contributed by atoms with Crippen molar-refractivity contribution in [2.75, 3.05) is 6.54 Å². The summed E-state index contributed by atoms with van der Waals surface area (Å²) in [6, 6.07) is 17.4.